The highest BCUT2D eigenvalue weighted by Gasteiger charge is 2.35. The van der Waals surface area contributed by atoms with Crippen molar-refractivity contribution in [1.82, 2.24) is 0 Å². The van der Waals surface area contributed by atoms with Crippen molar-refractivity contribution < 1.29 is 4.74 Å². The van der Waals surface area contributed by atoms with Crippen LogP contribution in [0.2, 0.25) is 0 Å². The Hall–Kier alpha value is -0.630. The monoisotopic (exact) mass is 489 g/mol. The number of hydrogen-bond donors (Lipinski definition) is 0. The fourth-order valence-electron chi connectivity index (χ4n) is 2.23. The highest BCUT2D eigenvalue weighted by molar-refractivity contribution is 14.1. The number of hydrogen-bond acceptors (Lipinski definition) is 2. The first-order valence-corrected chi connectivity index (χ1v) is 8.92. The topological polar surface area (TPSA) is 21.6 Å². The van der Waals surface area contributed by atoms with E-state index in [9.17, 15) is 0 Å². The molecule has 0 N–H and O–H groups in total. The Balaban J connectivity index is 2.11. The van der Waals surface area contributed by atoms with Crippen molar-refractivity contribution in [3.63, 3.8) is 0 Å². The summed E-state index contributed by atoms with van der Waals surface area (Å²) in [7, 11) is 0. The molecular weight excluding hydrogens is 476 g/mol. The molecule has 1 unspecified atom stereocenters. The summed E-state index contributed by atoms with van der Waals surface area (Å²) in [6, 6.07) is 16.5. The summed E-state index contributed by atoms with van der Waals surface area (Å²) in [5, 5.41) is 0. The molecule has 0 spiro atoms. The number of fused-ring (bicyclic) bond motifs is 1. The third-order valence-electron chi connectivity index (χ3n) is 3.36. The van der Waals surface area contributed by atoms with Crippen LogP contribution in [0.1, 0.15) is 18.1 Å². The first-order chi connectivity index (χ1) is 9.62. The minimum absolute atomic E-state index is 0.322. The molecule has 0 amide bonds. The maximum absolute atomic E-state index is 6.22. The van der Waals surface area contributed by atoms with E-state index in [1.807, 2.05) is 12.1 Å². The van der Waals surface area contributed by atoms with Gasteiger partial charge in [-0.05, 0) is 59.8 Å². The molecule has 4 heteroatoms. The number of aliphatic imine (C=N–C) groups is 1. The van der Waals surface area contributed by atoms with Crippen LogP contribution in [0.3, 0.4) is 0 Å². The van der Waals surface area contributed by atoms with Crippen LogP contribution in [0.15, 0.2) is 53.5 Å². The molecule has 1 aliphatic rings. The lowest BCUT2D eigenvalue weighted by Crippen LogP contribution is -2.33. The minimum Gasteiger partial charge on any atom is -0.465 e. The Bertz CT molecular complexity index is 666. The highest BCUT2D eigenvalue weighted by atomic mass is 127. The summed E-state index contributed by atoms with van der Waals surface area (Å²) < 4.78 is 8.30. The molecule has 0 saturated carbocycles. The molecular formula is C16H13I2NO. The van der Waals surface area contributed by atoms with E-state index in [0.29, 0.717) is 5.90 Å². The largest absolute Gasteiger partial charge is 0.465 e. The van der Waals surface area contributed by atoms with Gasteiger partial charge in [-0.3, -0.25) is 0 Å². The maximum Gasteiger partial charge on any atom is 0.222 e. The number of ether oxygens (including phenoxy) is 1. The quantitative estimate of drug-likeness (QED) is 0.428. The van der Waals surface area contributed by atoms with E-state index in [4.69, 9.17) is 4.74 Å². The summed E-state index contributed by atoms with van der Waals surface area (Å²) >= 11 is 4.67. The fraction of sp³-hybridized carbons (Fsp3) is 0.188. The summed E-state index contributed by atoms with van der Waals surface area (Å²) in [6.45, 7) is 2.12. The van der Waals surface area contributed by atoms with E-state index >= 15 is 0 Å². The van der Waals surface area contributed by atoms with Crippen LogP contribution in [0.4, 0.5) is 5.69 Å². The van der Waals surface area contributed by atoms with E-state index in [0.717, 1.165) is 21.2 Å². The predicted octanol–water partition coefficient (Wildman–Crippen LogP) is 5.05. The molecule has 20 heavy (non-hydrogen) atoms. The number of halogens is 2. The summed E-state index contributed by atoms with van der Waals surface area (Å²) in [5.74, 6) is 0.708. The zero-order valence-corrected chi connectivity index (χ0v) is 15.3. The number of alkyl halides is 1. The molecule has 0 aliphatic carbocycles. The first kappa shape index (κ1) is 14.3. The van der Waals surface area contributed by atoms with Gasteiger partial charge in [-0.15, -0.1) is 0 Å². The van der Waals surface area contributed by atoms with Crippen molar-refractivity contribution in [2.75, 3.05) is 4.43 Å². The highest BCUT2D eigenvalue weighted by Crippen LogP contribution is 2.39. The second-order valence-electron chi connectivity index (χ2n) is 4.91. The summed E-state index contributed by atoms with van der Waals surface area (Å²) in [5.41, 5.74) is 2.86. The SMILES string of the molecule is CC1(CI)OC(c2ccc(I)cc2)=Nc2ccccc21. The first-order valence-electron chi connectivity index (χ1n) is 6.31. The number of nitrogens with zero attached hydrogens (tertiary/aromatic N) is 1. The molecule has 1 aliphatic heterocycles. The van der Waals surface area contributed by atoms with E-state index in [2.05, 4.69) is 93.5 Å². The van der Waals surface area contributed by atoms with E-state index < -0.39 is 0 Å². The van der Waals surface area contributed by atoms with E-state index in [1.54, 1.807) is 0 Å². The molecule has 2 aromatic rings. The van der Waals surface area contributed by atoms with E-state index in [1.165, 1.54) is 3.57 Å². The number of para-hydroxylation sites is 1. The van der Waals surface area contributed by atoms with Gasteiger partial charge in [0, 0.05) is 19.1 Å². The molecule has 2 aromatic carbocycles. The van der Waals surface area contributed by atoms with Gasteiger partial charge in [-0.1, -0.05) is 40.8 Å². The summed E-state index contributed by atoms with van der Waals surface area (Å²) in [4.78, 5) is 4.68. The standard InChI is InChI=1S/C16H13I2NO/c1-16(10-17)13-4-2-3-5-14(13)19-15(20-16)11-6-8-12(18)9-7-11/h2-9H,10H2,1H3. The Morgan fingerprint density at radius 3 is 2.50 bits per heavy atom. The molecule has 0 radical (unpaired) electrons. The lowest BCUT2D eigenvalue weighted by atomic mass is 9.94. The zero-order valence-electron chi connectivity index (χ0n) is 10.9. The molecule has 0 fully saturated rings. The van der Waals surface area contributed by atoms with Gasteiger partial charge in [0.2, 0.25) is 5.90 Å². The van der Waals surface area contributed by atoms with Gasteiger partial charge < -0.3 is 4.74 Å². The lowest BCUT2D eigenvalue weighted by Gasteiger charge is -2.34. The second-order valence-corrected chi connectivity index (χ2v) is 6.92. The van der Waals surface area contributed by atoms with Crippen LogP contribution >= 0.6 is 45.2 Å². The molecule has 102 valence electrons. The minimum atomic E-state index is -0.322. The van der Waals surface area contributed by atoms with Gasteiger partial charge in [-0.25, -0.2) is 4.99 Å². The van der Waals surface area contributed by atoms with Crippen LogP contribution in [0.25, 0.3) is 0 Å². The third-order valence-corrected chi connectivity index (χ3v) is 5.54. The lowest BCUT2D eigenvalue weighted by molar-refractivity contribution is 0.0999. The van der Waals surface area contributed by atoms with Crippen molar-refractivity contribution in [2.45, 2.75) is 12.5 Å². The van der Waals surface area contributed by atoms with Crippen LogP contribution in [0.5, 0.6) is 0 Å². The molecule has 1 heterocycles. The molecule has 0 saturated heterocycles. The van der Waals surface area contributed by atoms with Crippen molar-refractivity contribution in [1.29, 1.82) is 0 Å². The summed E-state index contributed by atoms with van der Waals surface area (Å²) in [6.07, 6.45) is 0. The van der Waals surface area contributed by atoms with Crippen molar-refractivity contribution in [3.05, 3.63) is 63.2 Å². The third kappa shape index (κ3) is 2.59. The molecule has 0 aromatic heterocycles. The maximum atomic E-state index is 6.22. The number of rotatable bonds is 2. The van der Waals surface area contributed by atoms with Crippen molar-refractivity contribution in [2.24, 2.45) is 4.99 Å². The van der Waals surface area contributed by atoms with Crippen molar-refractivity contribution >= 4 is 56.8 Å². The van der Waals surface area contributed by atoms with Crippen LogP contribution in [-0.4, -0.2) is 10.3 Å². The van der Waals surface area contributed by atoms with Gasteiger partial charge in [0.15, 0.2) is 0 Å². The Kier molecular flexibility index (Phi) is 4.03. The molecule has 2 nitrogen and oxygen atoms in total. The average molecular weight is 489 g/mol. The number of benzene rings is 2. The zero-order chi connectivity index (χ0) is 14.2. The van der Waals surface area contributed by atoms with Gasteiger partial charge in [-0.2, -0.15) is 0 Å². The molecule has 1 atom stereocenters. The van der Waals surface area contributed by atoms with E-state index in [-0.39, 0.29) is 5.60 Å². The Morgan fingerprint density at radius 1 is 1.10 bits per heavy atom. The predicted molar refractivity (Wildman–Crippen MR) is 99.1 cm³/mol. The van der Waals surface area contributed by atoms with Gasteiger partial charge in [0.05, 0.1) is 5.69 Å². The van der Waals surface area contributed by atoms with Crippen LogP contribution < -0.4 is 0 Å². The average Bonchev–Trinajstić information content (AvgIpc) is 2.48. The van der Waals surface area contributed by atoms with Gasteiger partial charge in [0.25, 0.3) is 0 Å². The van der Waals surface area contributed by atoms with Gasteiger partial charge in [0.1, 0.15) is 5.60 Å². The second kappa shape index (κ2) is 5.63. The molecule has 3 rings (SSSR count). The van der Waals surface area contributed by atoms with Crippen LogP contribution in [0, 0.1) is 3.57 Å². The van der Waals surface area contributed by atoms with Crippen molar-refractivity contribution in [3.8, 4) is 0 Å². The van der Waals surface area contributed by atoms with Crippen LogP contribution in [-0.2, 0) is 10.3 Å². The molecule has 0 bridgehead atoms. The fourth-order valence-corrected chi connectivity index (χ4v) is 3.16. The smallest absolute Gasteiger partial charge is 0.222 e. The Labute approximate surface area is 145 Å². The van der Waals surface area contributed by atoms with Gasteiger partial charge >= 0.3 is 0 Å². The Morgan fingerprint density at radius 2 is 1.80 bits per heavy atom. The normalized spacial score (nSPS) is 20.9.